The van der Waals surface area contributed by atoms with Crippen LogP contribution < -0.4 is 15.2 Å². The summed E-state index contributed by atoms with van der Waals surface area (Å²) in [5.74, 6) is -0.268. The van der Waals surface area contributed by atoms with E-state index in [0.29, 0.717) is 36.2 Å². The van der Waals surface area contributed by atoms with Crippen molar-refractivity contribution in [2.24, 2.45) is 5.73 Å². The van der Waals surface area contributed by atoms with Crippen LogP contribution in [0.3, 0.4) is 0 Å². The summed E-state index contributed by atoms with van der Waals surface area (Å²) in [7, 11) is -4.04. The molecule has 11 heteroatoms. The van der Waals surface area contributed by atoms with Gasteiger partial charge in [0, 0.05) is 18.2 Å². The first-order valence-electron chi connectivity index (χ1n) is 13.4. The van der Waals surface area contributed by atoms with E-state index in [1.165, 1.54) is 69.2 Å². The number of aliphatic hydroxyl groups excluding tert-OH is 1. The van der Waals surface area contributed by atoms with E-state index >= 15 is 0 Å². The molecule has 1 aliphatic heterocycles. The SMILES string of the molecule is NCCCCCCCCCCO.O=C(O)C1(NS(=O)(=O)c2ccc(Oc3ccc(Cl)cc3)cc2)CCCOC1. The Labute approximate surface area is 236 Å². The number of hydrogen-bond donors (Lipinski definition) is 4. The molecule has 3 rings (SSSR count). The fourth-order valence-corrected chi connectivity index (χ4v) is 5.55. The predicted octanol–water partition coefficient (Wildman–Crippen LogP) is 5.10. The van der Waals surface area contributed by atoms with Crippen LogP contribution in [0.5, 0.6) is 11.5 Å². The number of ether oxygens (including phenoxy) is 2. The molecular formula is C28H41ClN2O7S. The van der Waals surface area contributed by atoms with Crippen molar-refractivity contribution in [3.63, 3.8) is 0 Å². The Morgan fingerprint density at radius 2 is 1.49 bits per heavy atom. The van der Waals surface area contributed by atoms with E-state index in [0.717, 1.165) is 13.0 Å². The Hall–Kier alpha value is -2.21. The van der Waals surface area contributed by atoms with Crippen LogP contribution >= 0.6 is 11.6 Å². The van der Waals surface area contributed by atoms with Gasteiger partial charge in [-0.25, -0.2) is 8.42 Å². The Morgan fingerprint density at radius 3 is 1.97 bits per heavy atom. The number of benzene rings is 2. The Morgan fingerprint density at radius 1 is 0.949 bits per heavy atom. The van der Waals surface area contributed by atoms with Crippen LogP contribution in [-0.4, -0.2) is 56.5 Å². The summed E-state index contributed by atoms with van der Waals surface area (Å²) in [5.41, 5.74) is 3.72. The number of aliphatic hydroxyl groups is 1. The normalized spacial score (nSPS) is 17.2. The number of hydrogen-bond acceptors (Lipinski definition) is 7. The zero-order valence-electron chi connectivity index (χ0n) is 22.3. The van der Waals surface area contributed by atoms with Gasteiger partial charge in [-0.05, 0) is 80.8 Å². The van der Waals surface area contributed by atoms with Gasteiger partial charge in [0.1, 0.15) is 11.5 Å². The molecule has 0 spiro atoms. The van der Waals surface area contributed by atoms with E-state index in [1.807, 2.05) is 0 Å². The van der Waals surface area contributed by atoms with Crippen LogP contribution in [0.4, 0.5) is 0 Å². The molecule has 218 valence electrons. The summed E-state index contributed by atoms with van der Waals surface area (Å²) in [5, 5.41) is 18.6. The molecule has 1 aliphatic rings. The molecule has 0 bridgehead atoms. The van der Waals surface area contributed by atoms with E-state index in [9.17, 15) is 18.3 Å². The molecule has 1 saturated heterocycles. The lowest BCUT2D eigenvalue weighted by Gasteiger charge is -2.33. The Kier molecular flexibility index (Phi) is 14.8. The van der Waals surface area contributed by atoms with Crippen molar-refractivity contribution in [1.29, 1.82) is 0 Å². The highest BCUT2D eigenvalue weighted by Crippen LogP contribution is 2.26. The van der Waals surface area contributed by atoms with Gasteiger partial charge in [-0.2, -0.15) is 4.72 Å². The van der Waals surface area contributed by atoms with Crippen LogP contribution in [0.1, 0.15) is 64.2 Å². The van der Waals surface area contributed by atoms with Crippen molar-refractivity contribution in [3.8, 4) is 11.5 Å². The molecule has 9 nitrogen and oxygen atoms in total. The van der Waals surface area contributed by atoms with Crippen LogP contribution in [0.2, 0.25) is 5.02 Å². The topological polar surface area (TPSA) is 148 Å². The second-order valence-corrected chi connectivity index (χ2v) is 11.6. The van der Waals surface area contributed by atoms with Gasteiger partial charge in [0.25, 0.3) is 0 Å². The molecular weight excluding hydrogens is 544 g/mol. The highest BCUT2D eigenvalue weighted by Gasteiger charge is 2.44. The first-order chi connectivity index (χ1) is 18.7. The lowest BCUT2D eigenvalue weighted by atomic mass is 9.94. The summed E-state index contributed by atoms with van der Waals surface area (Å²) >= 11 is 5.82. The maximum absolute atomic E-state index is 12.6. The minimum absolute atomic E-state index is 0.0582. The quantitative estimate of drug-likeness (QED) is 0.211. The van der Waals surface area contributed by atoms with Gasteiger partial charge in [-0.3, -0.25) is 4.79 Å². The molecule has 1 heterocycles. The van der Waals surface area contributed by atoms with Gasteiger partial charge in [0.15, 0.2) is 5.54 Å². The average Bonchev–Trinajstić information content (AvgIpc) is 2.92. The fraction of sp³-hybridized carbons (Fsp3) is 0.536. The molecule has 1 unspecified atom stereocenters. The average molecular weight is 585 g/mol. The molecule has 2 aromatic rings. The van der Waals surface area contributed by atoms with E-state index in [2.05, 4.69) is 4.72 Å². The molecule has 0 amide bonds. The third-order valence-electron chi connectivity index (χ3n) is 6.28. The molecule has 0 aliphatic carbocycles. The lowest BCUT2D eigenvalue weighted by Crippen LogP contribution is -2.59. The lowest BCUT2D eigenvalue weighted by molar-refractivity contribution is -0.149. The molecule has 1 fully saturated rings. The van der Waals surface area contributed by atoms with Crippen molar-refractivity contribution in [2.45, 2.75) is 74.6 Å². The molecule has 0 aromatic heterocycles. The van der Waals surface area contributed by atoms with E-state index in [1.54, 1.807) is 24.3 Å². The smallest absolute Gasteiger partial charge is 0.327 e. The number of nitrogens with one attached hydrogen (secondary N) is 1. The van der Waals surface area contributed by atoms with Gasteiger partial charge in [0.2, 0.25) is 10.0 Å². The van der Waals surface area contributed by atoms with Crippen molar-refractivity contribution >= 4 is 27.6 Å². The minimum Gasteiger partial charge on any atom is -0.480 e. The minimum atomic E-state index is -4.04. The van der Waals surface area contributed by atoms with Gasteiger partial charge < -0.3 is 25.4 Å². The summed E-state index contributed by atoms with van der Waals surface area (Å²) < 4.78 is 38.4. The number of sulfonamides is 1. The van der Waals surface area contributed by atoms with Crippen LogP contribution in [-0.2, 0) is 19.6 Å². The molecule has 5 N–H and O–H groups in total. The van der Waals surface area contributed by atoms with Gasteiger partial charge >= 0.3 is 5.97 Å². The number of aliphatic carboxylic acids is 1. The van der Waals surface area contributed by atoms with Crippen LogP contribution in [0, 0.1) is 0 Å². The Balaban J connectivity index is 0.000000377. The zero-order valence-corrected chi connectivity index (χ0v) is 23.9. The second-order valence-electron chi connectivity index (χ2n) is 9.52. The summed E-state index contributed by atoms with van der Waals surface area (Å²) in [6.45, 7) is 1.39. The highest BCUT2D eigenvalue weighted by atomic mass is 35.5. The number of carboxylic acids is 1. The van der Waals surface area contributed by atoms with E-state index in [-0.39, 0.29) is 17.9 Å². The van der Waals surface area contributed by atoms with Crippen LogP contribution in [0.15, 0.2) is 53.4 Å². The molecule has 0 radical (unpaired) electrons. The Bertz CT molecular complexity index is 1060. The third kappa shape index (κ3) is 11.8. The third-order valence-corrected chi connectivity index (χ3v) is 8.08. The number of carbonyl (C=O) groups is 1. The van der Waals surface area contributed by atoms with E-state index in [4.69, 9.17) is 31.9 Å². The number of halogens is 1. The fourth-order valence-electron chi connectivity index (χ4n) is 4.05. The summed E-state index contributed by atoms with van der Waals surface area (Å²) in [6.07, 6.45) is 10.5. The maximum atomic E-state index is 12.6. The molecule has 1 atom stereocenters. The predicted molar refractivity (Wildman–Crippen MR) is 152 cm³/mol. The van der Waals surface area contributed by atoms with Crippen molar-refractivity contribution in [3.05, 3.63) is 53.6 Å². The van der Waals surface area contributed by atoms with Crippen molar-refractivity contribution in [2.75, 3.05) is 26.4 Å². The summed E-state index contributed by atoms with van der Waals surface area (Å²) in [6, 6.07) is 12.4. The first-order valence-corrected chi connectivity index (χ1v) is 15.3. The number of nitrogens with two attached hydrogens (primary N) is 1. The van der Waals surface area contributed by atoms with Gasteiger partial charge in [0.05, 0.1) is 11.5 Å². The second kappa shape index (κ2) is 17.5. The van der Waals surface area contributed by atoms with Gasteiger partial charge in [-0.1, -0.05) is 50.1 Å². The summed E-state index contributed by atoms with van der Waals surface area (Å²) in [4.78, 5) is 11.6. The highest BCUT2D eigenvalue weighted by molar-refractivity contribution is 7.89. The molecule has 39 heavy (non-hydrogen) atoms. The van der Waals surface area contributed by atoms with Crippen LogP contribution in [0.25, 0.3) is 0 Å². The number of rotatable bonds is 15. The van der Waals surface area contributed by atoms with E-state index < -0.39 is 21.5 Å². The largest absolute Gasteiger partial charge is 0.480 e. The standard InChI is InChI=1S/C18H18ClNO6S.C10H23NO/c19-13-2-4-14(5-3-13)26-15-6-8-16(9-7-15)27(23,24)20-18(17(21)22)10-1-11-25-12-18;11-9-7-5-3-1-2-4-6-8-10-12/h2-9,20H,1,10-12H2,(H,21,22);12H,1-11H2. The zero-order chi connectivity index (χ0) is 28.6. The molecule has 0 saturated carbocycles. The van der Waals surface area contributed by atoms with Crippen molar-refractivity contribution < 1.29 is 32.9 Å². The number of unbranched alkanes of at least 4 members (excludes halogenated alkanes) is 7. The monoisotopic (exact) mass is 584 g/mol. The van der Waals surface area contributed by atoms with Crippen molar-refractivity contribution in [1.82, 2.24) is 4.72 Å². The maximum Gasteiger partial charge on any atom is 0.327 e. The molecule has 2 aromatic carbocycles. The van der Waals surface area contributed by atoms with Gasteiger partial charge in [-0.15, -0.1) is 0 Å². The number of carboxylic acid groups (broad SMARTS) is 1. The first kappa shape index (κ1) is 33.0.